The lowest BCUT2D eigenvalue weighted by molar-refractivity contribution is -0.693. The van der Waals surface area contributed by atoms with Crippen LogP contribution in [0.25, 0.3) is 0 Å². The summed E-state index contributed by atoms with van der Waals surface area (Å²) < 4.78 is 3.65. The quantitative estimate of drug-likeness (QED) is 0.425. The van der Waals surface area contributed by atoms with Gasteiger partial charge in [0, 0.05) is 6.42 Å². The molecule has 1 heterocycles. The molecule has 1 unspecified atom stereocenters. The lowest BCUT2D eigenvalue weighted by atomic mass is 10.1. The van der Waals surface area contributed by atoms with Gasteiger partial charge in [0.25, 0.3) is 5.82 Å². The molecule has 0 aliphatic rings. The van der Waals surface area contributed by atoms with Gasteiger partial charge < -0.3 is 9.81 Å². The van der Waals surface area contributed by atoms with E-state index in [9.17, 15) is 4.79 Å². The molecule has 25 heavy (non-hydrogen) atoms. The number of aromatic nitrogens is 2. The third-order valence-electron chi connectivity index (χ3n) is 4.45. The van der Waals surface area contributed by atoms with Gasteiger partial charge >= 0.3 is 5.97 Å². The van der Waals surface area contributed by atoms with Crippen molar-refractivity contribution < 1.29 is 19.2 Å². The van der Waals surface area contributed by atoms with Crippen LogP contribution >= 0.6 is 0 Å². The third kappa shape index (κ3) is 8.67. The van der Waals surface area contributed by atoms with Crippen LogP contribution in [0.3, 0.4) is 0 Å². The Hall–Kier alpha value is -1.90. The summed E-state index contributed by atoms with van der Waals surface area (Å²) >= 11 is 0. The zero-order chi connectivity index (χ0) is 17.8. The van der Waals surface area contributed by atoms with Crippen LogP contribution < -0.4 is 9.27 Å². The second-order valence-corrected chi connectivity index (χ2v) is 6.53. The van der Waals surface area contributed by atoms with Crippen LogP contribution in [0.5, 0.6) is 0 Å². The molecule has 6 heteroatoms. The van der Waals surface area contributed by atoms with Gasteiger partial charge in [-0.2, -0.15) is 5.26 Å². The Morgan fingerprint density at radius 2 is 1.76 bits per heavy atom. The minimum atomic E-state index is -0.851. The molecule has 0 spiro atoms. The normalized spacial score (nSPS) is 11.6. The molecule has 1 aromatic heterocycles. The average Bonchev–Trinajstić information content (AvgIpc) is 2.94. The highest BCUT2D eigenvalue weighted by atomic mass is 19.0. The summed E-state index contributed by atoms with van der Waals surface area (Å²) in [6, 6.07) is 1.96. The molecule has 1 rings (SSSR count). The molecule has 0 aromatic carbocycles. The highest BCUT2D eigenvalue weighted by molar-refractivity contribution is 5.64. The molecular formula is C19H32FN3O2. The van der Waals surface area contributed by atoms with Crippen molar-refractivity contribution in [2.75, 3.05) is 0 Å². The predicted octanol–water partition coefficient (Wildman–Crippen LogP) is 1.02. The number of hydrogen-bond acceptors (Lipinski definition) is 2. The van der Waals surface area contributed by atoms with Gasteiger partial charge in [-0.15, -0.1) is 0 Å². The molecule has 0 bridgehead atoms. The van der Waals surface area contributed by atoms with E-state index in [0.29, 0.717) is 0 Å². The zero-order valence-corrected chi connectivity index (χ0v) is 15.6. The first-order valence-corrected chi connectivity index (χ1v) is 9.30. The van der Waals surface area contributed by atoms with E-state index in [2.05, 4.69) is 13.0 Å². The minimum absolute atomic E-state index is 0. The van der Waals surface area contributed by atoms with Crippen LogP contribution in [0.1, 0.15) is 83.5 Å². The molecule has 1 atom stereocenters. The molecule has 0 fully saturated rings. The van der Waals surface area contributed by atoms with Crippen molar-refractivity contribution in [1.82, 2.24) is 4.57 Å². The molecule has 0 aliphatic heterocycles. The van der Waals surface area contributed by atoms with Gasteiger partial charge in [-0.3, -0.25) is 0 Å². The summed E-state index contributed by atoms with van der Waals surface area (Å²) in [6.45, 7) is 4.03. The van der Waals surface area contributed by atoms with E-state index in [1.165, 1.54) is 44.9 Å². The Bertz CT molecular complexity index is 537. The number of carboxylic acid groups (broad SMARTS) is 1. The highest BCUT2D eigenvalue weighted by Crippen LogP contribution is 2.13. The number of rotatable bonds is 13. The van der Waals surface area contributed by atoms with Crippen molar-refractivity contribution in [3.8, 4) is 6.07 Å². The summed E-state index contributed by atoms with van der Waals surface area (Å²) in [5.41, 5.74) is 0. The van der Waals surface area contributed by atoms with Gasteiger partial charge in [0.2, 0.25) is 0 Å². The molecule has 5 nitrogen and oxygen atoms in total. The van der Waals surface area contributed by atoms with Crippen molar-refractivity contribution in [3.05, 3.63) is 18.2 Å². The number of carbonyl (C=O) groups is 1. The lowest BCUT2D eigenvalue weighted by Gasteiger charge is -2.06. The fraction of sp³-hybridized carbons (Fsp3) is 0.737. The average molecular weight is 353 g/mol. The number of aliphatic carboxylic acids is 1. The molecule has 0 amide bonds. The van der Waals surface area contributed by atoms with E-state index in [-0.39, 0.29) is 17.3 Å². The van der Waals surface area contributed by atoms with Gasteiger partial charge in [0.05, 0.1) is 0 Å². The number of nitrogens with zero attached hydrogens (tertiary/aromatic N) is 3. The van der Waals surface area contributed by atoms with Crippen molar-refractivity contribution in [2.24, 2.45) is 0 Å². The largest absolute Gasteiger partial charge is 1.00 e. The van der Waals surface area contributed by atoms with Gasteiger partial charge in [-0.25, -0.2) is 13.9 Å². The van der Waals surface area contributed by atoms with Crippen LogP contribution in [0.15, 0.2) is 12.4 Å². The smallest absolute Gasteiger partial charge is 0.346 e. The van der Waals surface area contributed by atoms with Gasteiger partial charge in [-0.1, -0.05) is 58.3 Å². The summed E-state index contributed by atoms with van der Waals surface area (Å²) in [4.78, 5) is 11.0. The number of carboxylic acids is 1. The number of nitriles is 1. The Labute approximate surface area is 150 Å². The van der Waals surface area contributed by atoms with E-state index in [0.717, 1.165) is 25.1 Å². The molecular weight excluding hydrogens is 321 g/mol. The van der Waals surface area contributed by atoms with E-state index < -0.39 is 5.97 Å². The van der Waals surface area contributed by atoms with E-state index >= 15 is 0 Å². The second kappa shape index (κ2) is 13.4. The summed E-state index contributed by atoms with van der Waals surface area (Å²) in [5.74, 6) is 0.0880. The zero-order valence-electron chi connectivity index (χ0n) is 15.6. The summed E-state index contributed by atoms with van der Waals surface area (Å²) in [5, 5.41) is 18.2. The summed E-state index contributed by atoms with van der Waals surface area (Å²) in [7, 11) is 0. The first-order valence-electron chi connectivity index (χ1n) is 9.30. The molecule has 1 aromatic rings. The van der Waals surface area contributed by atoms with Crippen LogP contribution in [0, 0.1) is 11.3 Å². The maximum atomic E-state index is 11.0. The fourth-order valence-electron chi connectivity index (χ4n) is 3.04. The molecule has 0 saturated carbocycles. The van der Waals surface area contributed by atoms with Crippen molar-refractivity contribution in [3.63, 3.8) is 0 Å². The second-order valence-electron chi connectivity index (χ2n) is 6.53. The van der Waals surface area contributed by atoms with Gasteiger partial charge in [0.15, 0.2) is 12.6 Å². The number of unbranched alkanes of at least 4 members (excludes halogenated alkanes) is 8. The Balaban J connectivity index is 0.00000576. The maximum absolute atomic E-state index is 11.0. The van der Waals surface area contributed by atoms with Crippen molar-refractivity contribution in [1.29, 1.82) is 5.26 Å². The standard InChI is InChI=1S/C19H31N3O2.FH/c1-3-4-5-6-7-8-9-10-11-12-18-21(16-19(23)24)13-14-22(18)17(2)15-20;/h13-14,17H,3-12,16H2,1-2H3;1H. The third-order valence-corrected chi connectivity index (χ3v) is 4.45. The minimum Gasteiger partial charge on any atom is -1.00 e. The molecule has 142 valence electrons. The van der Waals surface area contributed by atoms with E-state index in [4.69, 9.17) is 10.4 Å². The van der Waals surface area contributed by atoms with Gasteiger partial charge in [-0.05, 0) is 13.3 Å². The van der Waals surface area contributed by atoms with Crippen molar-refractivity contribution >= 4 is 5.97 Å². The molecule has 1 N–H and O–H groups in total. The lowest BCUT2D eigenvalue weighted by Crippen LogP contribution is -3.00. The Morgan fingerprint density at radius 1 is 1.20 bits per heavy atom. The number of halogens is 1. The van der Waals surface area contributed by atoms with Crippen molar-refractivity contribution in [2.45, 2.75) is 90.6 Å². The molecule has 0 aliphatic carbocycles. The van der Waals surface area contributed by atoms with Crippen LogP contribution in [-0.2, 0) is 17.8 Å². The predicted molar refractivity (Wildman–Crippen MR) is 93.5 cm³/mol. The monoisotopic (exact) mass is 353 g/mol. The first-order chi connectivity index (χ1) is 11.6. The fourth-order valence-corrected chi connectivity index (χ4v) is 3.04. The SMILES string of the molecule is CCCCCCCCCCCc1n(C(C)C#N)cc[n+]1CC(=O)O.[F-]. The Kier molecular flexibility index (Phi) is 12.4. The number of hydrogen-bond donors (Lipinski definition) is 1. The van der Waals surface area contributed by atoms with E-state index in [1.54, 1.807) is 10.8 Å². The molecule has 0 saturated heterocycles. The van der Waals surface area contributed by atoms with Crippen LogP contribution in [0.4, 0.5) is 0 Å². The van der Waals surface area contributed by atoms with Crippen LogP contribution in [0.2, 0.25) is 0 Å². The first kappa shape index (κ1) is 23.1. The topological polar surface area (TPSA) is 69.9 Å². The maximum Gasteiger partial charge on any atom is 0.346 e. The van der Waals surface area contributed by atoms with E-state index in [1.807, 2.05) is 17.7 Å². The molecule has 0 radical (unpaired) electrons. The summed E-state index contributed by atoms with van der Waals surface area (Å²) in [6.07, 6.45) is 15.8. The van der Waals surface area contributed by atoms with Gasteiger partial charge in [0.1, 0.15) is 18.5 Å². The number of imidazole rings is 1. The highest BCUT2D eigenvalue weighted by Gasteiger charge is 2.22. The Morgan fingerprint density at radius 3 is 2.28 bits per heavy atom. The van der Waals surface area contributed by atoms with Crippen LogP contribution in [-0.4, -0.2) is 15.6 Å².